The van der Waals surface area contributed by atoms with Crippen molar-refractivity contribution in [2.75, 3.05) is 6.61 Å². The molecule has 17 heavy (non-hydrogen) atoms. The van der Waals surface area contributed by atoms with E-state index in [4.69, 9.17) is 16.7 Å². The highest BCUT2D eigenvalue weighted by molar-refractivity contribution is 6.35. The third kappa shape index (κ3) is 2.15. The minimum atomic E-state index is -0.601. The zero-order chi connectivity index (χ0) is 12.4. The van der Waals surface area contributed by atoms with E-state index in [0.29, 0.717) is 21.5 Å². The van der Waals surface area contributed by atoms with Crippen LogP contribution >= 0.6 is 11.6 Å². The highest BCUT2D eigenvalue weighted by atomic mass is 35.5. The fourth-order valence-electron chi connectivity index (χ4n) is 1.68. The molecule has 0 atom stereocenters. The number of carbonyl (C=O) groups is 1. The summed E-state index contributed by atoms with van der Waals surface area (Å²) >= 11 is 6.00. The van der Waals surface area contributed by atoms with Crippen molar-refractivity contribution in [3.63, 3.8) is 0 Å². The molecular weight excluding hydrogens is 242 g/mol. The number of fused-ring (bicyclic) bond motifs is 1. The summed E-state index contributed by atoms with van der Waals surface area (Å²) in [5.41, 5.74) is 1.32. The van der Waals surface area contributed by atoms with E-state index < -0.39 is 12.4 Å². The first kappa shape index (κ1) is 12.0. The number of benzene rings is 1. The van der Waals surface area contributed by atoms with Crippen LogP contribution in [-0.4, -0.2) is 27.6 Å². The number of Topliss-reactive ketones (excluding diaryl/α,β-unsaturated/α-hetero) is 1. The van der Waals surface area contributed by atoms with E-state index in [2.05, 4.69) is 4.98 Å². The van der Waals surface area contributed by atoms with Gasteiger partial charge in [-0.05, 0) is 23.8 Å². The number of carbonyl (C=O) groups excluding carboxylic acids is 1. The van der Waals surface area contributed by atoms with Gasteiger partial charge in [-0.2, -0.15) is 0 Å². The van der Waals surface area contributed by atoms with Crippen molar-refractivity contribution in [2.45, 2.75) is 6.61 Å². The number of aliphatic hydroxyl groups is 2. The van der Waals surface area contributed by atoms with Crippen LogP contribution in [0.4, 0.5) is 0 Å². The van der Waals surface area contributed by atoms with Crippen LogP contribution in [0.25, 0.3) is 10.9 Å². The normalized spacial score (nSPS) is 10.8. The summed E-state index contributed by atoms with van der Waals surface area (Å²) in [5, 5.41) is 19.2. The molecular formula is C12H10ClNO3. The Morgan fingerprint density at radius 1 is 1.35 bits per heavy atom. The summed E-state index contributed by atoms with van der Waals surface area (Å²) < 4.78 is 0. The smallest absolute Gasteiger partial charge is 0.188 e. The van der Waals surface area contributed by atoms with Gasteiger partial charge < -0.3 is 10.2 Å². The monoisotopic (exact) mass is 251 g/mol. The van der Waals surface area contributed by atoms with Crippen molar-refractivity contribution in [1.29, 1.82) is 0 Å². The van der Waals surface area contributed by atoms with Crippen LogP contribution in [0.2, 0.25) is 5.02 Å². The van der Waals surface area contributed by atoms with E-state index in [0.717, 1.165) is 0 Å². The molecule has 0 bridgehead atoms. The lowest BCUT2D eigenvalue weighted by Crippen LogP contribution is -2.08. The van der Waals surface area contributed by atoms with Crippen LogP contribution in [0.1, 0.15) is 15.9 Å². The number of nitrogens with zero attached hydrogens (tertiary/aromatic N) is 1. The van der Waals surface area contributed by atoms with Gasteiger partial charge in [0.2, 0.25) is 0 Å². The third-order valence-electron chi connectivity index (χ3n) is 2.53. The van der Waals surface area contributed by atoms with Crippen LogP contribution in [0.15, 0.2) is 24.4 Å². The Kier molecular flexibility index (Phi) is 3.38. The topological polar surface area (TPSA) is 70.4 Å². The second-order valence-electron chi connectivity index (χ2n) is 3.56. The largest absolute Gasteiger partial charge is 0.392 e. The van der Waals surface area contributed by atoms with Gasteiger partial charge >= 0.3 is 0 Å². The number of pyridine rings is 1. The minimum absolute atomic E-state index is 0.275. The number of ketones is 1. The first-order chi connectivity index (χ1) is 8.17. The summed E-state index contributed by atoms with van der Waals surface area (Å²) in [6, 6.07) is 4.77. The lowest BCUT2D eigenvalue weighted by atomic mass is 10.0. The first-order valence-corrected chi connectivity index (χ1v) is 5.37. The van der Waals surface area contributed by atoms with Crippen LogP contribution in [0.5, 0.6) is 0 Å². The van der Waals surface area contributed by atoms with Gasteiger partial charge in [0.15, 0.2) is 5.78 Å². The average Bonchev–Trinajstić information content (AvgIpc) is 2.37. The molecule has 2 aromatic rings. The van der Waals surface area contributed by atoms with Crippen LogP contribution in [0.3, 0.4) is 0 Å². The zero-order valence-electron chi connectivity index (χ0n) is 8.85. The van der Waals surface area contributed by atoms with Crippen molar-refractivity contribution in [3.8, 4) is 0 Å². The molecule has 0 spiro atoms. The Labute approximate surface area is 102 Å². The zero-order valence-corrected chi connectivity index (χ0v) is 9.61. The fourth-order valence-corrected chi connectivity index (χ4v) is 1.89. The molecule has 2 rings (SSSR count). The molecule has 88 valence electrons. The summed E-state index contributed by atoms with van der Waals surface area (Å²) in [6.45, 7) is -0.887. The highest BCUT2D eigenvalue weighted by Gasteiger charge is 2.13. The molecule has 0 aliphatic rings. The quantitative estimate of drug-likeness (QED) is 0.812. The molecule has 0 unspecified atom stereocenters. The SMILES string of the molecule is O=C(CO)c1cc2c(Cl)ccnc2cc1CO. The van der Waals surface area contributed by atoms with Crippen molar-refractivity contribution in [1.82, 2.24) is 4.98 Å². The van der Waals surface area contributed by atoms with Gasteiger partial charge in [0, 0.05) is 17.1 Å². The summed E-state index contributed by atoms with van der Waals surface area (Å²) in [5.74, 6) is -0.448. The Balaban J connectivity index is 2.74. The molecule has 0 radical (unpaired) electrons. The highest BCUT2D eigenvalue weighted by Crippen LogP contribution is 2.25. The van der Waals surface area contributed by atoms with Gasteiger partial charge in [-0.1, -0.05) is 11.6 Å². The van der Waals surface area contributed by atoms with Crippen molar-refractivity contribution in [3.05, 3.63) is 40.5 Å². The molecule has 0 saturated carbocycles. The third-order valence-corrected chi connectivity index (χ3v) is 2.86. The lowest BCUT2D eigenvalue weighted by molar-refractivity contribution is 0.0901. The minimum Gasteiger partial charge on any atom is -0.392 e. The molecule has 1 aromatic heterocycles. The molecule has 5 heteroatoms. The average molecular weight is 252 g/mol. The first-order valence-electron chi connectivity index (χ1n) is 4.99. The summed E-state index contributed by atoms with van der Waals surface area (Å²) in [6.07, 6.45) is 1.55. The van der Waals surface area contributed by atoms with Crippen molar-refractivity contribution >= 4 is 28.3 Å². The summed E-state index contributed by atoms with van der Waals surface area (Å²) in [7, 11) is 0. The van der Waals surface area contributed by atoms with E-state index in [1.165, 1.54) is 0 Å². The van der Waals surface area contributed by atoms with Gasteiger partial charge in [-0.3, -0.25) is 9.78 Å². The van der Waals surface area contributed by atoms with Gasteiger partial charge in [0.1, 0.15) is 6.61 Å². The van der Waals surface area contributed by atoms with E-state index in [9.17, 15) is 9.90 Å². The maximum Gasteiger partial charge on any atom is 0.188 e. The van der Waals surface area contributed by atoms with Crippen molar-refractivity contribution < 1.29 is 15.0 Å². The maximum absolute atomic E-state index is 11.5. The number of halogens is 1. The Morgan fingerprint density at radius 2 is 2.12 bits per heavy atom. The standard InChI is InChI=1S/C12H10ClNO3/c13-10-1-2-14-11-3-7(5-15)8(4-9(10)11)12(17)6-16/h1-4,15-16H,5-6H2. The van der Waals surface area contributed by atoms with Gasteiger partial charge in [-0.15, -0.1) is 0 Å². The predicted molar refractivity (Wildman–Crippen MR) is 64.1 cm³/mol. The fraction of sp³-hybridized carbons (Fsp3) is 0.167. The maximum atomic E-state index is 11.5. The van der Waals surface area contributed by atoms with E-state index in [1.54, 1.807) is 24.4 Å². The molecule has 0 aliphatic heterocycles. The molecule has 0 fully saturated rings. The van der Waals surface area contributed by atoms with Crippen molar-refractivity contribution in [2.24, 2.45) is 0 Å². The predicted octanol–water partition coefficient (Wildman–Crippen LogP) is 1.56. The van der Waals surface area contributed by atoms with E-state index in [1.807, 2.05) is 0 Å². The van der Waals surface area contributed by atoms with E-state index >= 15 is 0 Å². The Bertz CT molecular complexity index is 583. The second kappa shape index (κ2) is 4.79. The number of aliphatic hydroxyl groups excluding tert-OH is 2. The summed E-state index contributed by atoms with van der Waals surface area (Å²) in [4.78, 5) is 15.6. The van der Waals surface area contributed by atoms with E-state index in [-0.39, 0.29) is 12.2 Å². The number of aromatic nitrogens is 1. The van der Waals surface area contributed by atoms with Gasteiger partial charge in [0.25, 0.3) is 0 Å². The Morgan fingerprint density at radius 3 is 2.76 bits per heavy atom. The van der Waals surface area contributed by atoms with Crippen LogP contribution in [0, 0.1) is 0 Å². The van der Waals surface area contributed by atoms with Crippen LogP contribution < -0.4 is 0 Å². The molecule has 1 aromatic carbocycles. The number of rotatable bonds is 3. The molecule has 0 aliphatic carbocycles. The Hall–Kier alpha value is -1.49. The molecule has 1 heterocycles. The number of hydrogen-bond acceptors (Lipinski definition) is 4. The molecule has 2 N–H and O–H groups in total. The molecule has 0 saturated heterocycles. The van der Waals surface area contributed by atoms with Crippen LogP contribution in [-0.2, 0) is 6.61 Å². The number of hydrogen-bond donors (Lipinski definition) is 2. The lowest BCUT2D eigenvalue weighted by Gasteiger charge is -2.08. The van der Waals surface area contributed by atoms with Gasteiger partial charge in [0.05, 0.1) is 17.1 Å². The molecule has 0 amide bonds. The second-order valence-corrected chi connectivity index (χ2v) is 3.97. The van der Waals surface area contributed by atoms with Gasteiger partial charge in [-0.25, -0.2) is 0 Å². The molecule has 4 nitrogen and oxygen atoms in total.